The van der Waals surface area contributed by atoms with Crippen molar-refractivity contribution in [2.24, 2.45) is 0 Å². The van der Waals surface area contributed by atoms with Crippen molar-refractivity contribution in [3.8, 4) is 0 Å². The zero-order chi connectivity index (χ0) is 12.1. The molecule has 0 fully saturated rings. The molecule has 17 heavy (non-hydrogen) atoms. The van der Waals surface area contributed by atoms with Gasteiger partial charge in [-0.3, -0.25) is 0 Å². The Labute approximate surface area is 110 Å². The Balaban J connectivity index is 1.88. The third-order valence-corrected chi connectivity index (χ3v) is 2.83. The number of pyridine rings is 2. The molecule has 0 saturated carbocycles. The van der Waals surface area contributed by atoms with Crippen molar-refractivity contribution < 1.29 is 0 Å². The van der Waals surface area contributed by atoms with Gasteiger partial charge in [-0.2, -0.15) is 0 Å². The molecule has 2 rings (SSSR count). The largest absolute Gasteiger partial charge is 0.308 e. The molecule has 0 atom stereocenters. The molecule has 3 nitrogen and oxygen atoms in total. The van der Waals surface area contributed by atoms with Crippen LogP contribution in [0.2, 0.25) is 10.3 Å². The van der Waals surface area contributed by atoms with Crippen molar-refractivity contribution in [1.82, 2.24) is 15.3 Å². The second-order valence-corrected chi connectivity index (χ2v) is 4.29. The van der Waals surface area contributed by atoms with Crippen molar-refractivity contribution in [2.75, 3.05) is 0 Å². The van der Waals surface area contributed by atoms with Crippen LogP contribution in [0.3, 0.4) is 0 Å². The first-order valence-electron chi connectivity index (χ1n) is 5.16. The van der Waals surface area contributed by atoms with Crippen LogP contribution in [0.15, 0.2) is 36.7 Å². The van der Waals surface area contributed by atoms with Gasteiger partial charge in [0, 0.05) is 31.0 Å². The molecule has 0 aliphatic carbocycles. The number of halogens is 2. The molecule has 0 saturated heterocycles. The molecule has 2 heterocycles. The van der Waals surface area contributed by atoms with Gasteiger partial charge >= 0.3 is 0 Å². The minimum absolute atomic E-state index is 0.504. The zero-order valence-electron chi connectivity index (χ0n) is 9.03. The predicted molar refractivity (Wildman–Crippen MR) is 69.0 cm³/mol. The van der Waals surface area contributed by atoms with Crippen molar-refractivity contribution in [2.45, 2.75) is 13.1 Å². The summed E-state index contributed by atoms with van der Waals surface area (Å²) in [4.78, 5) is 8.02. The van der Waals surface area contributed by atoms with E-state index in [4.69, 9.17) is 23.2 Å². The van der Waals surface area contributed by atoms with Crippen LogP contribution >= 0.6 is 23.2 Å². The van der Waals surface area contributed by atoms with E-state index >= 15 is 0 Å². The van der Waals surface area contributed by atoms with Crippen LogP contribution < -0.4 is 5.32 Å². The lowest BCUT2D eigenvalue weighted by Crippen LogP contribution is -2.13. The van der Waals surface area contributed by atoms with Gasteiger partial charge in [0.15, 0.2) is 0 Å². The van der Waals surface area contributed by atoms with Gasteiger partial charge < -0.3 is 5.32 Å². The van der Waals surface area contributed by atoms with Crippen molar-refractivity contribution in [3.05, 3.63) is 58.1 Å². The maximum Gasteiger partial charge on any atom is 0.133 e. The normalized spacial score (nSPS) is 10.5. The van der Waals surface area contributed by atoms with Gasteiger partial charge in [-0.25, -0.2) is 9.97 Å². The Morgan fingerprint density at radius 2 is 1.94 bits per heavy atom. The fourth-order valence-electron chi connectivity index (χ4n) is 1.40. The first-order chi connectivity index (χ1) is 8.25. The van der Waals surface area contributed by atoms with E-state index in [-0.39, 0.29) is 0 Å². The monoisotopic (exact) mass is 267 g/mol. The molecule has 0 spiro atoms. The summed E-state index contributed by atoms with van der Waals surface area (Å²) in [5.41, 5.74) is 2.06. The van der Waals surface area contributed by atoms with E-state index in [0.29, 0.717) is 16.9 Å². The smallest absolute Gasteiger partial charge is 0.133 e. The summed E-state index contributed by atoms with van der Waals surface area (Å²) >= 11 is 11.7. The number of hydrogen-bond acceptors (Lipinski definition) is 3. The lowest BCUT2D eigenvalue weighted by Gasteiger charge is -2.05. The molecule has 0 bridgehead atoms. The molecular weight excluding hydrogens is 257 g/mol. The quantitative estimate of drug-likeness (QED) is 0.866. The first kappa shape index (κ1) is 12.3. The van der Waals surface area contributed by atoms with Crippen LogP contribution in [-0.4, -0.2) is 9.97 Å². The topological polar surface area (TPSA) is 37.8 Å². The number of rotatable bonds is 4. The Bertz CT molecular complexity index is 485. The van der Waals surface area contributed by atoms with Gasteiger partial charge in [-0.05, 0) is 17.7 Å². The van der Waals surface area contributed by atoms with E-state index in [1.54, 1.807) is 18.5 Å². The summed E-state index contributed by atoms with van der Waals surface area (Å²) in [7, 11) is 0. The van der Waals surface area contributed by atoms with E-state index in [1.165, 1.54) is 0 Å². The lowest BCUT2D eigenvalue weighted by atomic mass is 10.2. The Morgan fingerprint density at radius 1 is 1.06 bits per heavy atom. The molecule has 0 unspecified atom stereocenters. The SMILES string of the molecule is Clc1ccc(CNCc2cccnc2Cl)cn1. The standard InChI is InChI=1S/C12H11Cl2N3/c13-11-4-3-9(7-17-11)6-15-8-10-2-1-5-16-12(10)14/h1-5,7,15H,6,8H2. The fraction of sp³-hybridized carbons (Fsp3) is 0.167. The lowest BCUT2D eigenvalue weighted by molar-refractivity contribution is 0.689. The number of nitrogens with one attached hydrogen (secondary N) is 1. The fourth-order valence-corrected chi connectivity index (χ4v) is 1.70. The predicted octanol–water partition coefficient (Wildman–Crippen LogP) is 3.07. The van der Waals surface area contributed by atoms with Crippen LogP contribution in [0.1, 0.15) is 11.1 Å². The first-order valence-corrected chi connectivity index (χ1v) is 5.92. The molecule has 0 aromatic carbocycles. The molecule has 5 heteroatoms. The zero-order valence-corrected chi connectivity index (χ0v) is 10.5. The highest BCUT2D eigenvalue weighted by molar-refractivity contribution is 6.30. The molecule has 0 amide bonds. The molecule has 88 valence electrons. The molecule has 1 N–H and O–H groups in total. The van der Waals surface area contributed by atoms with Crippen LogP contribution in [0.25, 0.3) is 0 Å². The van der Waals surface area contributed by atoms with Crippen molar-refractivity contribution >= 4 is 23.2 Å². The summed E-state index contributed by atoms with van der Waals surface area (Å²) in [6, 6.07) is 7.53. The summed E-state index contributed by atoms with van der Waals surface area (Å²) in [5, 5.41) is 4.31. The summed E-state index contributed by atoms with van der Waals surface area (Å²) < 4.78 is 0. The van der Waals surface area contributed by atoms with E-state index in [0.717, 1.165) is 17.7 Å². The van der Waals surface area contributed by atoms with Gasteiger partial charge in [0.05, 0.1) is 0 Å². The Kier molecular flexibility index (Phi) is 4.31. The minimum atomic E-state index is 0.504. The molecule has 2 aromatic rings. The Morgan fingerprint density at radius 3 is 2.65 bits per heavy atom. The number of hydrogen-bond donors (Lipinski definition) is 1. The minimum Gasteiger partial charge on any atom is -0.308 e. The maximum atomic E-state index is 5.95. The maximum absolute atomic E-state index is 5.95. The summed E-state index contributed by atoms with van der Waals surface area (Å²) in [6.07, 6.45) is 3.43. The van der Waals surface area contributed by atoms with E-state index in [1.807, 2.05) is 18.2 Å². The third-order valence-electron chi connectivity index (χ3n) is 2.27. The second-order valence-electron chi connectivity index (χ2n) is 3.55. The van der Waals surface area contributed by atoms with Crippen molar-refractivity contribution in [1.29, 1.82) is 0 Å². The van der Waals surface area contributed by atoms with E-state index in [9.17, 15) is 0 Å². The van der Waals surface area contributed by atoms with Gasteiger partial charge in [-0.15, -0.1) is 0 Å². The molecular formula is C12H11Cl2N3. The second kappa shape index (κ2) is 5.96. The molecule has 0 aliphatic rings. The molecule has 2 aromatic heterocycles. The van der Waals surface area contributed by atoms with Gasteiger partial charge in [0.2, 0.25) is 0 Å². The highest BCUT2D eigenvalue weighted by Gasteiger charge is 2.00. The average molecular weight is 268 g/mol. The number of aromatic nitrogens is 2. The summed E-state index contributed by atoms with van der Waals surface area (Å²) in [5.74, 6) is 0. The van der Waals surface area contributed by atoms with Gasteiger partial charge in [-0.1, -0.05) is 35.3 Å². The highest BCUT2D eigenvalue weighted by Crippen LogP contribution is 2.11. The third kappa shape index (κ3) is 3.66. The van der Waals surface area contributed by atoms with E-state index in [2.05, 4.69) is 15.3 Å². The number of nitrogens with zero attached hydrogens (tertiary/aromatic N) is 2. The summed E-state index contributed by atoms with van der Waals surface area (Å²) in [6.45, 7) is 1.39. The molecule has 0 aliphatic heterocycles. The van der Waals surface area contributed by atoms with Crippen LogP contribution in [0, 0.1) is 0 Å². The Hall–Kier alpha value is -1.16. The van der Waals surface area contributed by atoms with Crippen LogP contribution in [0.5, 0.6) is 0 Å². The van der Waals surface area contributed by atoms with Gasteiger partial charge in [0.25, 0.3) is 0 Å². The average Bonchev–Trinajstić information content (AvgIpc) is 2.34. The van der Waals surface area contributed by atoms with Gasteiger partial charge in [0.1, 0.15) is 10.3 Å². The van der Waals surface area contributed by atoms with E-state index < -0.39 is 0 Å². The van der Waals surface area contributed by atoms with Crippen LogP contribution in [0.4, 0.5) is 0 Å². The van der Waals surface area contributed by atoms with Crippen LogP contribution in [-0.2, 0) is 13.1 Å². The molecule has 0 radical (unpaired) electrons. The highest BCUT2D eigenvalue weighted by atomic mass is 35.5. The van der Waals surface area contributed by atoms with Crippen molar-refractivity contribution in [3.63, 3.8) is 0 Å².